The summed E-state index contributed by atoms with van der Waals surface area (Å²) in [5.74, 6) is -0.437. The second-order valence-corrected chi connectivity index (χ2v) is 10.1. The number of carbonyl (C=O) groups excluding carboxylic acids is 2. The molecule has 2 amide bonds. The minimum atomic E-state index is -3.82. The van der Waals surface area contributed by atoms with Gasteiger partial charge in [0.25, 0.3) is 0 Å². The Bertz CT molecular complexity index is 1090. The Kier molecular flexibility index (Phi) is 9.92. The van der Waals surface area contributed by atoms with E-state index in [2.05, 4.69) is 5.32 Å². The van der Waals surface area contributed by atoms with E-state index in [1.807, 2.05) is 38.1 Å². The van der Waals surface area contributed by atoms with Crippen LogP contribution in [0.4, 0.5) is 5.69 Å². The summed E-state index contributed by atoms with van der Waals surface area (Å²) in [6, 6.07) is 13.4. The molecule has 0 spiro atoms. The molecule has 0 bridgehead atoms. The molecular weight excluding hydrogens is 454 g/mol. The predicted molar refractivity (Wildman–Crippen MR) is 134 cm³/mol. The largest absolute Gasteiger partial charge is 0.495 e. The Morgan fingerprint density at radius 1 is 1.09 bits per heavy atom. The Morgan fingerprint density at radius 3 is 2.35 bits per heavy atom. The molecule has 0 unspecified atom stereocenters. The number of unbranched alkanes of at least 4 members (excludes halogenated alkanes) is 1. The normalized spacial score (nSPS) is 12.0. The van der Waals surface area contributed by atoms with Gasteiger partial charge < -0.3 is 15.0 Å². The van der Waals surface area contributed by atoms with Gasteiger partial charge in [0.15, 0.2) is 0 Å². The number of hydrogen-bond donors (Lipinski definition) is 1. The lowest BCUT2D eigenvalue weighted by molar-refractivity contribution is -0.139. The molecule has 0 aliphatic heterocycles. The molecule has 0 radical (unpaired) electrons. The molecule has 0 aliphatic rings. The number of carbonyl (C=O) groups is 2. The zero-order chi connectivity index (χ0) is 25.3. The zero-order valence-corrected chi connectivity index (χ0v) is 21.4. The molecule has 2 aromatic rings. The van der Waals surface area contributed by atoms with Gasteiger partial charge in [0.2, 0.25) is 21.8 Å². The van der Waals surface area contributed by atoms with E-state index < -0.39 is 28.5 Å². The van der Waals surface area contributed by atoms with Gasteiger partial charge in [0, 0.05) is 13.1 Å². The van der Waals surface area contributed by atoms with Crippen LogP contribution in [0, 0.1) is 6.92 Å². The van der Waals surface area contributed by atoms with E-state index in [0.29, 0.717) is 12.3 Å². The lowest BCUT2D eigenvalue weighted by atomic mass is 10.1. The minimum absolute atomic E-state index is 0.178. The fraction of sp³-hybridized carbons (Fsp3) is 0.440. The smallest absolute Gasteiger partial charge is 0.244 e. The Morgan fingerprint density at radius 2 is 1.74 bits per heavy atom. The first kappa shape index (κ1) is 27.2. The van der Waals surface area contributed by atoms with Crippen molar-refractivity contribution in [3.05, 3.63) is 59.7 Å². The number of aryl methyl sites for hydroxylation is 1. The number of nitrogens with one attached hydrogen (secondary N) is 1. The van der Waals surface area contributed by atoms with Gasteiger partial charge in [-0.15, -0.1) is 0 Å². The number of anilines is 1. The van der Waals surface area contributed by atoms with Crippen molar-refractivity contribution in [1.82, 2.24) is 10.2 Å². The molecule has 0 aliphatic carbocycles. The van der Waals surface area contributed by atoms with Gasteiger partial charge >= 0.3 is 0 Å². The summed E-state index contributed by atoms with van der Waals surface area (Å²) in [6.45, 7) is 5.85. The maximum absolute atomic E-state index is 13.6. The van der Waals surface area contributed by atoms with Gasteiger partial charge in [-0.1, -0.05) is 49.7 Å². The van der Waals surface area contributed by atoms with Gasteiger partial charge in [0.05, 0.1) is 19.1 Å². The lowest BCUT2D eigenvalue weighted by Gasteiger charge is -2.32. The fourth-order valence-corrected chi connectivity index (χ4v) is 4.37. The summed E-state index contributed by atoms with van der Waals surface area (Å²) < 4.78 is 31.7. The van der Waals surface area contributed by atoms with Crippen molar-refractivity contribution in [1.29, 1.82) is 0 Å². The Hall–Kier alpha value is -3.07. The van der Waals surface area contributed by atoms with Crippen molar-refractivity contribution in [3.63, 3.8) is 0 Å². The van der Waals surface area contributed by atoms with E-state index in [-0.39, 0.29) is 18.1 Å². The minimum Gasteiger partial charge on any atom is -0.495 e. The lowest BCUT2D eigenvalue weighted by Crippen LogP contribution is -2.51. The average Bonchev–Trinajstić information content (AvgIpc) is 2.80. The van der Waals surface area contributed by atoms with Crippen molar-refractivity contribution in [2.75, 3.05) is 30.8 Å². The monoisotopic (exact) mass is 489 g/mol. The first-order chi connectivity index (χ1) is 16.1. The van der Waals surface area contributed by atoms with Crippen LogP contribution in [-0.4, -0.2) is 57.6 Å². The maximum Gasteiger partial charge on any atom is 0.244 e. The number of sulfonamides is 1. The average molecular weight is 490 g/mol. The van der Waals surface area contributed by atoms with E-state index in [4.69, 9.17) is 4.74 Å². The quantitative estimate of drug-likeness (QED) is 0.462. The van der Waals surface area contributed by atoms with Crippen molar-refractivity contribution in [3.8, 4) is 5.75 Å². The first-order valence-electron chi connectivity index (χ1n) is 11.3. The third-order valence-electron chi connectivity index (χ3n) is 5.63. The van der Waals surface area contributed by atoms with E-state index >= 15 is 0 Å². The summed E-state index contributed by atoms with van der Waals surface area (Å²) in [4.78, 5) is 27.8. The molecule has 0 fully saturated rings. The summed E-state index contributed by atoms with van der Waals surface area (Å²) in [6.07, 6.45) is 2.81. The highest BCUT2D eigenvalue weighted by molar-refractivity contribution is 7.92. The molecule has 1 N–H and O–H groups in total. The van der Waals surface area contributed by atoms with E-state index in [1.165, 1.54) is 12.0 Å². The second-order valence-electron chi connectivity index (χ2n) is 8.21. The highest BCUT2D eigenvalue weighted by Crippen LogP contribution is 2.29. The number of amides is 2. The Balaban J connectivity index is 2.40. The van der Waals surface area contributed by atoms with Gasteiger partial charge in [-0.25, -0.2) is 8.42 Å². The molecule has 1 atom stereocenters. The number of rotatable bonds is 12. The Labute approximate surface area is 202 Å². The van der Waals surface area contributed by atoms with Crippen molar-refractivity contribution < 1.29 is 22.7 Å². The number of nitrogens with zero attached hydrogens (tertiary/aromatic N) is 2. The second kappa shape index (κ2) is 12.4. The fourth-order valence-electron chi connectivity index (χ4n) is 3.52. The van der Waals surface area contributed by atoms with Crippen LogP contribution in [0.25, 0.3) is 0 Å². The van der Waals surface area contributed by atoms with Crippen LogP contribution < -0.4 is 14.4 Å². The third kappa shape index (κ3) is 7.21. The topological polar surface area (TPSA) is 96.0 Å². The number of methoxy groups -OCH3 is 1. The molecule has 0 saturated heterocycles. The molecule has 8 nitrogen and oxygen atoms in total. The van der Waals surface area contributed by atoms with Crippen LogP contribution in [0.5, 0.6) is 5.75 Å². The molecule has 186 valence electrons. The van der Waals surface area contributed by atoms with Crippen LogP contribution in [-0.2, 0) is 26.2 Å². The van der Waals surface area contributed by atoms with Gasteiger partial charge in [-0.2, -0.15) is 0 Å². The molecule has 9 heteroatoms. The van der Waals surface area contributed by atoms with Crippen LogP contribution >= 0.6 is 0 Å². The van der Waals surface area contributed by atoms with Crippen molar-refractivity contribution in [2.45, 2.75) is 46.2 Å². The molecular formula is C25H35N3O5S. The molecule has 2 aromatic carbocycles. The molecule has 0 aromatic heterocycles. The van der Waals surface area contributed by atoms with Crippen LogP contribution in [0.15, 0.2) is 48.5 Å². The number of ether oxygens (including phenoxy) is 1. The van der Waals surface area contributed by atoms with Gasteiger partial charge in [-0.3, -0.25) is 13.9 Å². The molecule has 0 heterocycles. The number of para-hydroxylation sites is 2. The summed E-state index contributed by atoms with van der Waals surface area (Å²) in [7, 11) is -2.38. The zero-order valence-electron chi connectivity index (χ0n) is 20.6. The summed E-state index contributed by atoms with van der Waals surface area (Å²) >= 11 is 0. The first-order valence-corrected chi connectivity index (χ1v) is 13.2. The van der Waals surface area contributed by atoms with Gasteiger partial charge in [0.1, 0.15) is 18.3 Å². The van der Waals surface area contributed by atoms with E-state index in [9.17, 15) is 18.0 Å². The van der Waals surface area contributed by atoms with E-state index in [0.717, 1.165) is 34.5 Å². The van der Waals surface area contributed by atoms with Crippen molar-refractivity contribution in [2.24, 2.45) is 0 Å². The molecule has 0 saturated carbocycles. The molecule has 2 rings (SSSR count). The highest BCUT2D eigenvalue weighted by Gasteiger charge is 2.31. The van der Waals surface area contributed by atoms with Crippen LogP contribution in [0.1, 0.15) is 37.8 Å². The highest BCUT2D eigenvalue weighted by atomic mass is 32.2. The standard InChI is InChI=1S/C25H35N3O5S/c1-6-7-16-26-25(30)20(3)27(17-21-13-9-8-12-19(21)2)24(29)18-28(34(5,31)32)22-14-10-11-15-23(22)33-4/h8-15,20H,6-7,16-18H2,1-5H3,(H,26,30)/t20-/m0/s1. The van der Waals surface area contributed by atoms with E-state index in [1.54, 1.807) is 31.2 Å². The van der Waals surface area contributed by atoms with Gasteiger partial charge in [-0.05, 0) is 43.5 Å². The number of hydrogen-bond acceptors (Lipinski definition) is 5. The predicted octanol–water partition coefficient (Wildman–Crippen LogP) is 3.10. The maximum atomic E-state index is 13.6. The third-order valence-corrected chi connectivity index (χ3v) is 6.76. The van der Waals surface area contributed by atoms with Crippen molar-refractivity contribution >= 4 is 27.5 Å². The number of benzene rings is 2. The molecule has 34 heavy (non-hydrogen) atoms. The summed E-state index contributed by atoms with van der Waals surface area (Å²) in [5.41, 5.74) is 2.12. The van der Waals surface area contributed by atoms with Crippen LogP contribution in [0.3, 0.4) is 0 Å². The van der Waals surface area contributed by atoms with Crippen LogP contribution in [0.2, 0.25) is 0 Å². The SMILES string of the molecule is CCCCNC(=O)[C@H](C)N(Cc1ccccc1C)C(=O)CN(c1ccccc1OC)S(C)(=O)=O. The summed E-state index contributed by atoms with van der Waals surface area (Å²) in [5, 5.41) is 2.87.